The van der Waals surface area contributed by atoms with E-state index < -0.39 is 11.5 Å². The summed E-state index contributed by atoms with van der Waals surface area (Å²) in [5.41, 5.74) is 1.66. The van der Waals surface area contributed by atoms with Gasteiger partial charge >= 0.3 is 5.97 Å². The standard InChI is InChI=1S/C19H26N2O4/c1-7-14-11-15-9-13(10-16(24-6)21(15)20-14)18(23)12(2)8-17(22)25-19(3,4)5/h9-12H,7-8H2,1-6H3. The molecule has 0 aromatic carbocycles. The average Bonchev–Trinajstić information content (AvgIpc) is 2.94. The Labute approximate surface area is 148 Å². The zero-order valence-electron chi connectivity index (χ0n) is 15.8. The predicted octanol–water partition coefficient (Wildman–Crippen LogP) is 3.46. The van der Waals surface area contributed by atoms with E-state index in [-0.39, 0.29) is 18.2 Å². The van der Waals surface area contributed by atoms with Crippen LogP contribution in [0.25, 0.3) is 5.52 Å². The van der Waals surface area contributed by atoms with Crippen molar-refractivity contribution in [2.24, 2.45) is 5.92 Å². The second-order valence-electron chi connectivity index (χ2n) is 7.17. The van der Waals surface area contributed by atoms with Gasteiger partial charge in [0.25, 0.3) is 0 Å². The van der Waals surface area contributed by atoms with Crippen LogP contribution in [0, 0.1) is 5.92 Å². The van der Waals surface area contributed by atoms with Crippen molar-refractivity contribution in [3.8, 4) is 5.88 Å². The molecule has 1 unspecified atom stereocenters. The number of nitrogens with zero attached hydrogens (tertiary/aromatic N) is 2. The fraction of sp³-hybridized carbons (Fsp3) is 0.526. The molecule has 6 nitrogen and oxygen atoms in total. The molecule has 2 aromatic heterocycles. The van der Waals surface area contributed by atoms with Crippen molar-refractivity contribution >= 4 is 17.3 Å². The second-order valence-corrected chi connectivity index (χ2v) is 7.17. The molecule has 0 N–H and O–H groups in total. The Morgan fingerprint density at radius 2 is 1.92 bits per heavy atom. The summed E-state index contributed by atoms with van der Waals surface area (Å²) in [5.74, 6) is -0.481. The summed E-state index contributed by atoms with van der Waals surface area (Å²) in [6.45, 7) is 9.17. The Bertz CT molecular complexity index is 787. The lowest BCUT2D eigenvalue weighted by molar-refractivity contribution is -0.155. The van der Waals surface area contributed by atoms with Crippen LogP contribution in [0.2, 0.25) is 0 Å². The van der Waals surface area contributed by atoms with Crippen LogP contribution in [0.15, 0.2) is 18.2 Å². The molecule has 0 saturated carbocycles. The number of ether oxygens (including phenoxy) is 2. The summed E-state index contributed by atoms with van der Waals surface area (Å²) in [7, 11) is 1.54. The minimum atomic E-state index is -0.559. The number of aromatic nitrogens is 2. The fourth-order valence-electron chi connectivity index (χ4n) is 2.59. The van der Waals surface area contributed by atoms with Crippen molar-refractivity contribution in [1.29, 1.82) is 0 Å². The molecule has 2 heterocycles. The lowest BCUT2D eigenvalue weighted by Gasteiger charge is -2.20. The first kappa shape index (κ1) is 19.0. The molecular weight excluding hydrogens is 320 g/mol. The van der Waals surface area contributed by atoms with Gasteiger partial charge in [-0.25, -0.2) is 4.52 Å². The first-order valence-electron chi connectivity index (χ1n) is 8.47. The van der Waals surface area contributed by atoms with Crippen molar-refractivity contribution in [3.05, 3.63) is 29.5 Å². The highest BCUT2D eigenvalue weighted by atomic mass is 16.6. The lowest BCUT2D eigenvalue weighted by Crippen LogP contribution is -2.26. The molecule has 0 aliphatic rings. The van der Waals surface area contributed by atoms with Gasteiger partial charge in [0.1, 0.15) is 5.60 Å². The first-order valence-corrected chi connectivity index (χ1v) is 8.47. The summed E-state index contributed by atoms with van der Waals surface area (Å²) < 4.78 is 12.3. The zero-order valence-corrected chi connectivity index (χ0v) is 15.8. The molecule has 0 fully saturated rings. The number of carbonyl (C=O) groups excluding carboxylic acids is 2. The van der Waals surface area contributed by atoms with Crippen molar-refractivity contribution < 1.29 is 19.1 Å². The van der Waals surface area contributed by atoms with Crippen LogP contribution >= 0.6 is 0 Å². The van der Waals surface area contributed by atoms with Crippen LogP contribution < -0.4 is 4.74 Å². The molecule has 25 heavy (non-hydrogen) atoms. The summed E-state index contributed by atoms with van der Waals surface area (Å²) in [4.78, 5) is 24.7. The smallest absolute Gasteiger partial charge is 0.307 e. The maximum absolute atomic E-state index is 12.7. The van der Waals surface area contributed by atoms with Gasteiger partial charge in [-0.1, -0.05) is 13.8 Å². The SMILES string of the molecule is CCc1cc2cc(C(=O)C(C)CC(=O)OC(C)(C)C)cc(OC)n2n1. The van der Waals surface area contributed by atoms with Gasteiger partial charge in [-0.05, 0) is 39.3 Å². The quantitative estimate of drug-likeness (QED) is 0.592. The minimum Gasteiger partial charge on any atom is -0.481 e. The van der Waals surface area contributed by atoms with Gasteiger partial charge in [-0.2, -0.15) is 5.10 Å². The van der Waals surface area contributed by atoms with Crippen LogP contribution in [0.3, 0.4) is 0 Å². The topological polar surface area (TPSA) is 69.9 Å². The molecule has 2 rings (SSSR count). The van der Waals surface area contributed by atoms with Crippen molar-refractivity contribution in [2.45, 2.75) is 53.1 Å². The van der Waals surface area contributed by atoms with Gasteiger partial charge in [0.15, 0.2) is 5.78 Å². The van der Waals surface area contributed by atoms with E-state index in [0.717, 1.165) is 17.6 Å². The van der Waals surface area contributed by atoms with E-state index >= 15 is 0 Å². The molecule has 0 aliphatic carbocycles. The Balaban J connectivity index is 2.24. The van der Waals surface area contributed by atoms with Gasteiger partial charge in [0.2, 0.25) is 5.88 Å². The number of pyridine rings is 1. The van der Waals surface area contributed by atoms with Crippen molar-refractivity contribution in [3.63, 3.8) is 0 Å². The highest BCUT2D eigenvalue weighted by molar-refractivity contribution is 6.00. The van der Waals surface area contributed by atoms with Crippen LogP contribution in [0.5, 0.6) is 5.88 Å². The Kier molecular flexibility index (Phi) is 5.50. The van der Waals surface area contributed by atoms with Crippen molar-refractivity contribution in [2.75, 3.05) is 7.11 Å². The number of fused-ring (bicyclic) bond motifs is 1. The molecule has 0 amide bonds. The normalized spacial score (nSPS) is 12.9. The van der Waals surface area contributed by atoms with Gasteiger partial charge in [0, 0.05) is 17.5 Å². The van der Waals surface area contributed by atoms with E-state index in [2.05, 4.69) is 5.10 Å². The third kappa shape index (κ3) is 4.59. The molecule has 6 heteroatoms. The van der Waals surface area contributed by atoms with Gasteiger partial charge in [-0.15, -0.1) is 0 Å². The molecule has 0 radical (unpaired) electrons. The summed E-state index contributed by atoms with van der Waals surface area (Å²) in [6, 6.07) is 5.37. The van der Waals surface area contributed by atoms with Crippen molar-refractivity contribution in [1.82, 2.24) is 9.61 Å². The van der Waals surface area contributed by atoms with Gasteiger partial charge < -0.3 is 9.47 Å². The Morgan fingerprint density at radius 1 is 1.24 bits per heavy atom. The van der Waals surface area contributed by atoms with E-state index in [1.54, 1.807) is 51.5 Å². The Morgan fingerprint density at radius 3 is 2.48 bits per heavy atom. The number of hydrogen-bond donors (Lipinski definition) is 0. The van der Waals surface area contributed by atoms with Gasteiger partial charge in [0.05, 0.1) is 24.7 Å². The molecule has 0 spiro atoms. The monoisotopic (exact) mass is 346 g/mol. The highest BCUT2D eigenvalue weighted by Crippen LogP contribution is 2.23. The number of Topliss-reactive ketones (excluding diaryl/α,β-unsaturated/α-hetero) is 1. The molecule has 0 bridgehead atoms. The van der Waals surface area contributed by atoms with Gasteiger partial charge in [-0.3, -0.25) is 9.59 Å². The Hall–Kier alpha value is -2.37. The maximum atomic E-state index is 12.7. The third-order valence-electron chi connectivity index (χ3n) is 3.77. The zero-order chi connectivity index (χ0) is 18.8. The maximum Gasteiger partial charge on any atom is 0.307 e. The molecular formula is C19H26N2O4. The molecule has 0 saturated heterocycles. The fourth-order valence-corrected chi connectivity index (χ4v) is 2.59. The second kappa shape index (κ2) is 7.25. The lowest BCUT2D eigenvalue weighted by atomic mass is 9.96. The molecule has 1 atom stereocenters. The number of ketones is 1. The van der Waals surface area contributed by atoms with E-state index in [1.807, 2.05) is 13.0 Å². The summed E-state index contributed by atoms with van der Waals surface area (Å²) >= 11 is 0. The predicted molar refractivity (Wildman–Crippen MR) is 95.1 cm³/mol. The number of rotatable bonds is 6. The average molecular weight is 346 g/mol. The van der Waals surface area contributed by atoms with E-state index in [1.165, 1.54) is 0 Å². The largest absolute Gasteiger partial charge is 0.481 e. The molecule has 136 valence electrons. The first-order chi connectivity index (χ1) is 11.6. The number of aryl methyl sites for hydroxylation is 1. The van der Waals surface area contributed by atoms with E-state index in [9.17, 15) is 9.59 Å². The minimum absolute atomic E-state index is 0.0447. The summed E-state index contributed by atoms with van der Waals surface area (Å²) in [5, 5.41) is 4.44. The number of hydrogen-bond acceptors (Lipinski definition) is 5. The van der Waals surface area contributed by atoms with Crippen LogP contribution in [-0.4, -0.2) is 34.1 Å². The number of methoxy groups -OCH3 is 1. The molecule has 0 aliphatic heterocycles. The number of esters is 1. The highest BCUT2D eigenvalue weighted by Gasteiger charge is 2.24. The van der Waals surface area contributed by atoms with Crippen LogP contribution in [-0.2, 0) is 16.0 Å². The summed E-state index contributed by atoms with van der Waals surface area (Å²) in [6.07, 6.45) is 0.840. The van der Waals surface area contributed by atoms with E-state index in [4.69, 9.17) is 9.47 Å². The van der Waals surface area contributed by atoms with E-state index in [0.29, 0.717) is 11.4 Å². The number of carbonyl (C=O) groups is 2. The third-order valence-corrected chi connectivity index (χ3v) is 3.77. The van der Waals surface area contributed by atoms with Crippen LogP contribution in [0.4, 0.5) is 0 Å². The molecule has 2 aromatic rings. The van der Waals surface area contributed by atoms with Crippen LogP contribution in [0.1, 0.15) is 57.1 Å².